The van der Waals surface area contributed by atoms with Crippen LogP contribution in [0.25, 0.3) is 0 Å². The molecule has 1 unspecified atom stereocenters. The largest absolute Gasteiger partial charge is 0.390 e. The molecular formula is C15H18N8O2. The molecule has 0 saturated carbocycles. The molecule has 0 aliphatic carbocycles. The molecule has 3 rings (SSSR count). The minimum Gasteiger partial charge on any atom is -0.390 e. The monoisotopic (exact) mass is 342 g/mol. The zero-order chi connectivity index (χ0) is 17.5. The Morgan fingerprint density at radius 3 is 2.92 bits per heavy atom. The molecule has 10 heteroatoms. The lowest BCUT2D eigenvalue weighted by molar-refractivity contribution is 0.0372. The Labute approximate surface area is 144 Å². The third kappa shape index (κ3) is 4.57. The number of ether oxygens (including phenoxy) is 1. The third-order valence-electron chi connectivity index (χ3n) is 3.57. The fourth-order valence-electron chi connectivity index (χ4n) is 2.30. The summed E-state index contributed by atoms with van der Waals surface area (Å²) in [6, 6.07) is 3.64. The second-order valence-corrected chi connectivity index (χ2v) is 5.35. The van der Waals surface area contributed by atoms with E-state index in [9.17, 15) is 5.11 Å². The summed E-state index contributed by atoms with van der Waals surface area (Å²) in [6.07, 6.45) is 2.86. The molecule has 2 aromatic rings. The summed E-state index contributed by atoms with van der Waals surface area (Å²) in [6.45, 7) is 2.66. The first-order valence-corrected chi connectivity index (χ1v) is 7.81. The van der Waals surface area contributed by atoms with Crippen LogP contribution in [-0.2, 0) is 11.3 Å². The maximum atomic E-state index is 9.43. The molecule has 0 spiro atoms. The maximum Gasteiger partial charge on any atom is 0.158 e. The molecule has 0 amide bonds. The number of morpholine rings is 1. The summed E-state index contributed by atoms with van der Waals surface area (Å²) >= 11 is 0. The van der Waals surface area contributed by atoms with Crippen molar-refractivity contribution in [2.75, 3.05) is 36.9 Å². The molecule has 4 N–H and O–H groups in total. The van der Waals surface area contributed by atoms with Gasteiger partial charge in [0.05, 0.1) is 37.4 Å². The van der Waals surface area contributed by atoms with Gasteiger partial charge >= 0.3 is 0 Å². The standard InChI is InChI=1S/C15H18N8O2/c16-4-10-5-20-15(8-18-10)21-14-3-12(13(9-24)22-23-14)19-7-11-6-17-1-2-25-11/h3,5,8,11,17,24H,1-2,6-7,9H2,(H2,19,20,21,23). The van der Waals surface area contributed by atoms with E-state index in [-0.39, 0.29) is 18.4 Å². The Hall–Kier alpha value is -2.87. The Balaban J connectivity index is 1.68. The van der Waals surface area contributed by atoms with Gasteiger partial charge in [-0.1, -0.05) is 0 Å². The minimum atomic E-state index is -0.226. The highest BCUT2D eigenvalue weighted by atomic mass is 16.5. The molecule has 1 atom stereocenters. The quantitative estimate of drug-likeness (QED) is 0.556. The first kappa shape index (κ1) is 17.0. The summed E-state index contributed by atoms with van der Waals surface area (Å²) in [5.41, 5.74) is 1.34. The maximum absolute atomic E-state index is 9.43. The molecule has 0 bridgehead atoms. The number of hydrogen-bond donors (Lipinski definition) is 4. The van der Waals surface area contributed by atoms with E-state index in [1.165, 1.54) is 12.4 Å². The smallest absolute Gasteiger partial charge is 0.158 e. The highest BCUT2D eigenvalue weighted by Crippen LogP contribution is 2.19. The van der Waals surface area contributed by atoms with Crippen molar-refractivity contribution < 1.29 is 9.84 Å². The SMILES string of the molecule is N#Cc1cnc(Nc2cc(NCC3CNCCO3)c(CO)nn2)cn1. The average Bonchev–Trinajstić information content (AvgIpc) is 2.68. The van der Waals surface area contributed by atoms with Gasteiger partial charge in [-0.3, -0.25) is 0 Å². The zero-order valence-electron chi connectivity index (χ0n) is 13.4. The number of anilines is 3. The predicted molar refractivity (Wildman–Crippen MR) is 89.1 cm³/mol. The zero-order valence-corrected chi connectivity index (χ0v) is 13.4. The first-order valence-electron chi connectivity index (χ1n) is 7.81. The summed E-state index contributed by atoms with van der Waals surface area (Å²) in [4.78, 5) is 8.01. The van der Waals surface area contributed by atoms with E-state index in [1.54, 1.807) is 6.07 Å². The van der Waals surface area contributed by atoms with E-state index in [0.717, 1.165) is 13.1 Å². The number of rotatable bonds is 6. The highest BCUT2D eigenvalue weighted by molar-refractivity contribution is 5.59. The summed E-state index contributed by atoms with van der Waals surface area (Å²) in [5.74, 6) is 0.886. The van der Waals surface area contributed by atoms with E-state index >= 15 is 0 Å². The van der Waals surface area contributed by atoms with Crippen molar-refractivity contribution in [2.45, 2.75) is 12.7 Å². The van der Waals surface area contributed by atoms with Crippen molar-refractivity contribution >= 4 is 17.3 Å². The van der Waals surface area contributed by atoms with Crippen LogP contribution in [0.3, 0.4) is 0 Å². The van der Waals surface area contributed by atoms with Crippen LogP contribution in [-0.4, -0.2) is 57.6 Å². The van der Waals surface area contributed by atoms with Crippen LogP contribution < -0.4 is 16.0 Å². The number of aliphatic hydroxyl groups excluding tert-OH is 1. The second kappa shape index (κ2) is 8.29. The summed E-state index contributed by atoms with van der Waals surface area (Å²) in [7, 11) is 0. The van der Waals surface area contributed by atoms with Crippen molar-refractivity contribution in [3.8, 4) is 6.07 Å². The molecule has 1 fully saturated rings. The van der Waals surface area contributed by atoms with Gasteiger partial charge in [0.2, 0.25) is 0 Å². The average molecular weight is 342 g/mol. The summed E-state index contributed by atoms with van der Waals surface area (Å²) in [5, 5.41) is 35.6. The van der Waals surface area contributed by atoms with Crippen LogP contribution in [0.15, 0.2) is 18.5 Å². The van der Waals surface area contributed by atoms with E-state index in [4.69, 9.17) is 10.00 Å². The number of nitriles is 1. The van der Waals surface area contributed by atoms with Crippen LogP contribution in [0.5, 0.6) is 0 Å². The molecular weight excluding hydrogens is 324 g/mol. The van der Waals surface area contributed by atoms with Crippen LogP contribution in [0.4, 0.5) is 17.3 Å². The van der Waals surface area contributed by atoms with Crippen LogP contribution in [0.2, 0.25) is 0 Å². The Morgan fingerprint density at radius 2 is 2.24 bits per heavy atom. The van der Waals surface area contributed by atoms with Gasteiger partial charge in [-0.05, 0) is 0 Å². The molecule has 0 aromatic carbocycles. The van der Waals surface area contributed by atoms with Gasteiger partial charge < -0.3 is 25.8 Å². The normalized spacial score (nSPS) is 16.9. The molecule has 2 aromatic heterocycles. The lowest BCUT2D eigenvalue weighted by atomic mass is 10.2. The third-order valence-corrected chi connectivity index (χ3v) is 3.57. The minimum absolute atomic E-state index is 0.0502. The molecule has 1 saturated heterocycles. The van der Waals surface area contributed by atoms with Gasteiger partial charge in [0.1, 0.15) is 17.6 Å². The molecule has 0 radical (unpaired) electrons. The number of aromatic nitrogens is 4. The van der Waals surface area contributed by atoms with E-state index in [0.29, 0.717) is 36.2 Å². The Bertz CT molecular complexity index is 740. The number of aliphatic hydroxyl groups is 1. The van der Waals surface area contributed by atoms with Crippen LogP contribution in [0, 0.1) is 11.3 Å². The first-order chi connectivity index (χ1) is 12.3. The van der Waals surface area contributed by atoms with Crippen molar-refractivity contribution in [3.05, 3.63) is 29.8 Å². The molecule has 3 heterocycles. The molecule has 130 valence electrons. The molecule has 1 aliphatic rings. The van der Waals surface area contributed by atoms with Gasteiger partial charge in [0.15, 0.2) is 11.5 Å². The van der Waals surface area contributed by atoms with E-state index < -0.39 is 0 Å². The van der Waals surface area contributed by atoms with E-state index in [2.05, 4.69) is 36.1 Å². The van der Waals surface area contributed by atoms with Crippen molar-refractivity contribution in [1.29, 1.82) is 5.26 Å². The lowest BCUT2D eigenvalue weighted by Crippen LogP contribution is -2.42. The molecule has 25 heavy (non-hydrogen) atoms. The summed E-state index contributed by atoms with van der Waals surface area (Å²) < 4.78 is 5.64. The topological polar surface area (TPSA) is 141 Å². The predicted octanol–water partition coefficient (Wildman–Crippen LogP) is -0.226. The van der Waals surface area contributed by atoms with Crippen LogP contribution in [0.1, 0.15) is 11.4 Å². The number of nitrogens with zero attached hydrogens (tertiary/aromatic N) is 5. The molecule has 1 aliphatic heterocycles. The Kier molecular flexibility index (Phi) is 5.63. The fourth-order valence-corrected chi connectivity index (χ4v) is 2.30. The van der Waals surface area contributed by atoms with Crippen LogP contribution >= 0.6 is 0 Å². The van der Waals surface area contributed by atoms with Gasteiger partial charge in [0.25, 0.3) is 0 Å². The van der Waals surface area contributed by atoms with Crippen molar-refractivity contribution in [2.24, 2.45) is 0 Å². The number of nitrogens with one attached hydrogen (secondary N) is 3. The highest BCUT2D eigenvalue weighted by Gasteiger charge is 2.14. The van der Waals surface area contributed by atoms with Crippen molar-refractivity contribution in [1.82, 2.24) is 25.5 Å². The number of hydrogen-bond acceptors (Lipinski definition) is 10. The van der Waals surface area contributed by atoms with Crippen molar-refractivity contribution in [3.63, 3.8) is 0 Å². The second-order valence-electron chi connectivity index (χ2n) is 5.35. The molecule has 10 nitrogen and oxygen atoms in total. The fraction of sp³-hybridized carbons (Fsp3) is 0.400. The van der Waals surface area contributed by atoms with Gasteiger partial charge in [-0.25, -0.2) is 9.97 Å². The van der Waals surface area contributed by atoms with Gasteiger partial charge in [-0.2, -0.15) is 5.26 Å². The van der Waals surface area contributed by atoms with E-state index in [1.807, 2.05) is 6.07 Å². The Morgan fingerprint density at radius 1 is 1.32 bits per heavy atom. The van der Waals surface area contributed by atoms with Gasteiger partial charge in [-0.15, -0.1) is 10.2 Å². The lowest BCUT2D eigenvalue weighted by Gasteiger charge is -2.24. The van der Waals surface area contributed by atoms with Gasteiger partial charge in [0, 0.05) is 25.7 Å².